The van der Waals surface area contributed by atoms with Gasteiger partial charge >= 0.3 is 0 Å². The minimum Gasteiger partial charge on any atom is -0.392 e. The molecule has 1 aromatic heterocycles. The van der Waals surface area contributed by atoms with Crippen LogP contribution in [0.25, 0.3) is 0 Å². The summed E-state index contributed by atoms with van der Waals surface area (Å²) in [5, 5.41) is 11.2. The lowest BCUT2D eigenvalue weighted by Gasteiger charge is -2.12. The minimum atomic E-state index is -3.57. The third kappa shape index (κ3) is 3.27. The maximum absolute atomic E-state index is 12.3. The van der Waals surface area contributed by atoms with E-state index in [1.54, 1.807) is 19.1 Å². The fourth-order valence-electron chi connectivity index (χ4n) is 1.99. The molecule has 0 amide bonds. The zero-order valence-electron chi connectivity index (χ0n) is 11.4. The number of sulfonamides is 1. The van der Waals surface area contributed by atoms with E-state index in [-0.39, 0.29) is 18.0 Å². The average molecular weight is 311 g/mol. The average Bonchev–Trinajstić information content (AvgIpc) is 2.89. The van der Waals surface area contributed by atoms with Crippen molar-refractivity contribution >= 4 is 21.4 Å². The number of rotatable bonds is 5. The molecule has 0 bridgehead atoms. The molecule has 1 aromatic carbocycles. The second kappa shape index (κ2) is 6.05. The smallest absolute Gasteiger partial charge is 0.241 e. The number of nitrogens with one attached hydrogen (secondary N) is 1. The van der Waals surface area contributed by atoms with Crippen molar-refractivity contribution in [2.45, 2.75) is 31.9 Å². The van der Waals surface area contributed by atoms with Gasteiger partial charge in [-0.05, 0) is 48.1 Å². The lowest BCUT2D eigenvalue weighted by Crippen LogP contribution is -2.24. The summed E-state index contributed by atoms with van der Waals surface area (Å²) in [6, 6.07) is 7.09. The van der Waals surface area contributed by atoms with E-state index in [2.05, 4.69) is 4.72 Å². The van der Waals surface area contributed by atoms with Gasteiger partial charge in [-0.25, -0.2) is 13.1 Å². The molecule has 4 nitrogen and oxygen atoms in total. The largest absolute Gasteiger partial charge is 0.392 e. The predicted octanol–water partition coefficient (Wildman–Crippen LogP) is 2.34. The molecule has 0 fully saturated rings. The molecule has 0 atom stereocenters. The first-order chi connectivity index (χ1) is 9.44. The van der Waals surface area contributed by atoms with Crippen LogP contribution in [0.15, 0.2) is 34.5 Å². The van der Waals surface area contributed by atoms with Crippen LogP contribution >= 0.6 is 11.3 Å². The quantitative estimate of drug-likeness (QED) is 0.890. The molecule has 0 saturated carbocycles. The summed E-state index contributed by atoms with van der Waals surface area (Å²) in [6.07, 6.45) is 0. The first-order valence-electron chi connectivity index (χ1n) is 6.17. The van der Waals surface area contributed by atoms with E-state index in [0.717, 1.165) is 10.4 Å². The normalized spacial score (nSPS) is 11.8. The summed E-state index contributed by atoms with van der Waals surface area (Å²) >= 11 is 1.51. The zero-order chi connectivity index (χ0) is 14.8. The van der Waals surface area contributed by atoms with Crippen molar-refractivity contribution in [2.75, 3.05) is 0 Å². The van der Waals surface area contributed by atoms with Crippen LogP contribution in [0.5, 0.6) is 0 Å². The molecule has 2 N–H and O–H groups in total. The minimum absolute atomic E-state index is 0.167. The van der Waals surface area contributed by atoms with E-state index in [0.29, 0.717) is 11.1 Å². The highest BCUT2D eigenvalue weighted by molar-refractivity contribution is 7.89. The molecule has 0 radical (unpaired) electrons. The Morgan fingerprint density at radius 2 is 2.00 bits per heavy atom. The molecule has 0 aliphatic carbocycles. The molecular formula is C14H17NO3S2. The number of thiophene rings is 1. The van der Waals surface area contributed by atoms with Crippen molar-refractivity contribution in [3.63, 3.8) is 0 Å². The van der Waals surface area contributed by atoms with Crippen LogP contribution in [-0.4, -0.2) is 13.5 Å². The molecule has 20 heavy (non-hydrogen) atoms. The molecule has 0 aliphatic heterocycles. The van der Waals surface area contributed by atoms with Crippen LogP contribution in [0.4, 0.5) is 0 Å². The van der Waals surface area contributed by atoms with Gasteiger partial charge in [-0.1, -0.05) is 12.1 Å². The third-order valence-corrected chi connectivity index (χ3v) is 5.53. The fourth-order valence-corrected chi connectivity index (χ4v) is 4.01. The highest BCUT2D eigenvalue weighted by atomic mass is 32.2. The number of hydrogen-bond donors (Lipinski definition) is 2. The van der Waals surface area contributed by atoms with E-state index < -0.39 is 10.0 Å². The Labute approximate surface area is 123 Å². The van der Waals surface area contributed by atoms with Gasteiger partial charge in [-0.3, -0.25) is 0 Å². The first-order valence-corrected chi connectivity index (χ1v) is 8.53. The molecule has 108 valence electrons. The molecule has 2 aromatic rings. The maximum atomic E-state index is 12.3. The van der Waals surface area contributed by atoms with E-state index in [4.69, 9.17) is 0 Å². The van der Waals surface area contributed by atoms with Crippen molar-refractivity contribution in [1.29, 1.82) is 0 Å². The van der Waals surface area contributed by atoms with Crippen molar-refractivity contribution in [3.8, 4) is 0 Å². The Kier molecular flexibility index (Phi) is 4.59. The summed E-state index contributed by atoms with van der Waals surface area (Å²) in [5.74, 6) is 0. The van der Waals surface area contributed by atoms with E-state index in [1.165, 1.54) is 11.3 Å². The first kappa shape index (κ1) is 15.2. The van der Waals surface area contributed by atoms with Gasteiger partial charge < -0.3 is 5.11 Å². The lowest BCUT2D eigenvalue weighted by molar-refractivity contribution is 0.280. The van der Waals surface area contributed by atoms with Gasteiger partial charge in [-0.2, -0.15) is 0 Å². The SMILES string of the molecule is Cc1cc(C)c(S(=O)(=O)NCc2cccs2)cc1CO. The standard InChI is InChI=1S/C14H17NO3S2/c1-10-6-11(2)14(7-12(10)9-16)20(17,18)15-8-13-4-3-5-19-13/h3-7,15-16H,8-9H2,1-2H3. The van der Waals surface area contributed by atoms with Crippen LogP contribution < -0.4 is 4.72 Å². The van der Waals surface area contributed by atoms with Gasteiger partial charge in [0.2, 0.25) is 10.0 Å². The Morgan fingerprint density at radius 1 is 1.25 bits per heavy atom. The van der Waals surface area contributed by atoms with Crippen LogP contribution in [0.2, 0.25) is 0 Å². The summed E-state index contributed by atoms with van der Waals surface area (Å²) in [6.45, 7) is 3.73. The van der Waals surface area contributed by atoms with Gasteiger partial charge in [0.15, 0.2) is 0 Å². The van der Waals surface area contributed by atoms with Gasteiger partial charge in [0, 0.05) is 11.4 Å². The Balaban J connectivity index is 2.29. The Bertz CT molecular complexity index is 691. The lowest BCUT2D eigenvalue weighted by atomic mass is 10.1. The highest BCUT2D eigenvalue weighted by Crippen LogP contribution is 2.21. The van der Waals surface area contributed by atoms with E-state index >= 15 is 0 Å². The molecule has 0 saturated heterocycles. The Hall–Kier alpha value is -1.21. The maximum Gasteiger partial charge on any atom is 0.241 e. The number of aliphatic hydroxyl groups excluding tert-OH is 1. The molecule has 0 aliphatic rings. The number of aliphatic hydroxyl groups is 1. The van der Waals surface area contributed by atoms with Gasteiger partial charge in [-0.15, -0.1) is 11.3 Å². The molecule has 6 heteroatoms. The summed E-state index contributed by atoms with van der Waals surface area (Å²) in [7, 11) is -3.57. The van der Waals surface area contributed by atoms with Crippen LogP contribution in [-0.2, 0) is 23.2 Å². The summed E-state index contributed by atoms with van der Waals surface area (Å²) in [4.78, 5) is 1.18. The monoisotopic (exact) mass is 311 g/mol. The molecule has 2 rings (SSSR count). The van der Waals surface area contributed by atoms with E-state index in [1.807, 2.05) is 24.4 Å². The van der Waals surface area contributed by atoms with Crippen LogP contribution in [0.3, 0.4) is 0 Å². The van der Waals surface area contributed by atoms with Crippen molar-refractivity contribution in [3.05, 3.63) is 51.2 Å². The molecular weight excluding hydrogens is 294 g/mol. The number of aryl methyl sites for hydroxylation is 2. The second-order valence-corrected chi connectivity index (χ2v) is 7.37. The van der Waals surface area contributed by atoms with Crippen molar-refractivity contribution < 1.29 is 13.5 Å². The highest BCUT2D eigenvalue weighted by Gasteiger charge is 2.18. The molecule has 1 heterocycles. The fraction of sp³-hybridized carbons (Fsp3) is 0.286. The summed E-state index contributed by atoms with van der Waals surface area (Å²) < 4.78 is 27.3. The third-order valence-electron chi connectivity index (χ3n) is 3.11. The van der Waals surface area contributed by atoms with Gasteiger partial charge in [0.25, 0.3) is 0 Å². The zero-order valence-corrected chi connectivity index (χ0v) is 13.0. The van der Waals surface area contributed by atoms with Crippen LogP contribution in [0.1, 0.15) is 21.6 Å². The van der Waals surface area contributed by atoms with E-state index in [9.17, 15) is 13.5 Å². The van der Waals surface area contributed by atoms with Crippen molar-refractivity contribution in [2.24, 2.45) is 0 Å². The van der Waals surface area contributed by atoms with Crippen molar-refractivity contribution in [1.82, 2.24) is 4.72 Å². The molecule has 0 unspecified atom stereocenters. The van der Waals surface area contributed by atoms with Crippen LogP contribution in [0, 0.1) is 13.8 Å². The second-order valence-electron chi connectivity index (χ2n) is 4.61. The number of benzene rings is 1. The summed E-state index contributed by atoms with van der Waals surface area (Å²) in [5.41, 5.74) is 2.20. The molecule has 0 spiro atoms. The topological polar surface area (TPSA) is 66.4 Å². The predicted molar refractivity (Wildman–Crippen MR) is 80.2 cm³/mol. The Morgan fingerprint density at radius 3 is 2.60 bits per heavy atom. The number of hydrogen-bond acceptors (Lipinski definition) is 4. The van der Waals surface area contributed by atoms with Gasteiger partial charge in [0.1, 0.15) is 0 Å². The van der Waals surface area contributed by atoms with Gasteiger partial charge in [0.05, 0.1) is 11.5 Å².